The van der Waals surface area contributed by atoms with Crippen molar-refractivity contribution in [3.8, 4) is 5.75 Å². The van der Waals surface area contributed by atoms with Gasteiger partial charge in [-0.15, -0.1) is 5.10 Å². The van der Waals surface area contributed by atoms with Crippen molar-refractivity contribution in [3.05, 3.63) is 87.7 Å². The molecule has 0 aliphatic carbocycles. The Morgan fingerprint density at radius 2 is 1.90 bits per heavy atom. The summed E-state index contributed by atoms with van der Waals surface area (Å²) in [6.45, 7) is 3.99. The molecule has 5 aliphatic rings. The first-order valence-electron chi connectivity index (χ1n) is 14.3. The second-order valence-electron chi connectivity index (χ2n) is 11.0. The molecular weight excluding hydrogens is 523 g/mol. The van der Waals surface area contributed by atoms with Crippen LogP contribution in [-0.4, -0.2) is 50.0 Å². The molecule has 5 aliphatic heterocycles. The van der Waals surface area contributed by atoms with Crippen LogP contribution < -0.4 is 4.74 Å². The fraction of sp³-hybridized carbons (Fsp3) is 0.375. The molecule has 0 saturated carbocycles. The lowest BCUT2D eigenvalue weighted by atomic mass is 9.83. The number of halogens is 1. The van der Waals surface area contributed by atoms with Crippen LogP contribution >= 0.6 is 0 Å². The highest BCUT2D eigenvalue weighted by atomic mass is 19.1. The van der Waals surface area contributed by atoms with Crippen molar-refractivity contribution in [1.82, 2.24) is 19.9 Å². The average molecular weight is 557 g/mol. The molecule has 9 rings (SSSR count). The number of hydrogen-bond acceptors (Lipinski definition) is 5. The number of carboxylic acid groups (broad SMARTS) is 1. The number of aryl methyl sites for hydroxylation is 2. The largest absolute Gasteiger partial charge is 0.493 e. The number of carbonyl (C=O) groups is 2. The highest BCUT2D eigenvalue weighted by molar-refractivity contribution is 5.94. The lowest BCUT2D eigenvalue weighted by Gasteiger charge is -2.30. The lowest BCUT2D eigenvalue weighted by molar-refractivity contribution is -0.137. The smallest absolute Gasteiger partial charge is 0.304 e. The van der Waals surface area contributed by atoms with Gasteiger partial charge in [0.05, 0.1) is 24.1 Å². The Balaban J connectivity index is 1.40. The minimum Gasteiger partial charge on any atom is -0.493 e. The van der Waals surface area contributed by atoms with Crippen LogP contribution in [-0.2, 0) is 24.3 Å². The average Bonchev–Trinajstić information content (AvgIpc) is 3.38. The summed E-state index contributed by atoms with van der Waals surface area (Å²) in [5.41, 5.74) is 6.48. The number of aromatic nitrogens is 3. The zero-order chi connectivity index (χ0) is 28.5. The molecule has 8 nitrogen and oxygen atoms in total. The van der Waals surface area contributed by atoms with Gasteiger partial charge >= 0.3 is 5.97 Å². The number of benzene rings is 3. The maximum Gasteiger partial charge on any atom is 0.304 e. The molecule has 41 heavy (non-hydrogen) atoms. The van der Waals surface area contributed by atoms with E-state index in [1.807, 2.05) is 41.9 Å². The Bertz CT molecular complexity index is 1630. The SMILES string of the molecule is Cc1c2ccc3c1nnn3CCCCCCOc1ccc(c(F)c1)C(=O)N1CCc3ccc(cc3C1)[C@H]2CC(=O)O. The molecule has 4 aromatic rings. The molecule has 1 atom stereocenters. The van der Waals surface area contributed by atoms with E-state index in [1.165, 1.54) is 12.1 Å². The summed E-state index contributed by atoms with van der Waals surface area (Å²) in [4.78, 5) is 27.0. The summed E-state index contributed by atoms with van der Waals surface area (Å²) in [5.74, 6) is -1.84. The molecule has 0 saturated heterocycles. The summed E-state index contributed by atoms with van der Waals surface area (Å²) in [6, 6.07) is 14.5. The first-order valence-corrected chi connectivity index (χ1v) is 14.3. The van der Waals surface area contributed by atoms with E-state index in [0.717, 1.165) is 71.1 Å². The second kappa shape index (κ2) is 11.3. The van der Waals surface area contributed by atoms with Crippen LogP contribution in [0.4, 0.5) is 4.39 Å². The Kier molecular flexibility index (Phi) is 7.43. The van der Waals surface area contributed by atoms with Crippen LogP contribution in [0.3, 0.4) is 0 Å². The van der Waals surface area contributed by atoms with E-state index < -0.39 is 17.7 Å². The normalized spacial score (nSPS) is 17.9. The van der Waals surface area contributed by atoms with Crippen LogP contribution in [0.5, 0.6) is 5.75 Å². The first kappa shape index (κ1) is 26.9. The molecule has 212 valence electrons. The Hall–Kier alpha value is -4.27. The van der Waals surface area contributed by atoms with Crippen molar-refractivity contribution >= 4 is 22.9 Å². The number of amides is 1. The van der Waals surface area contributed by atoms with Crippen LogP contribution in [0.2, 0.25) is 0 Å². The van der Waals surface area contributed by atoms with Gasteiger partial charge in [0.25, 0.3) is 5.91 Å². The van der Waals surface area contributed by atoms with Crippen LogP contribution in [0.15, 0.2) is 48.5 Å². The predicted octanol–water partition coefficient (Wildman–Crippen LogP) is 5.64. The maximum atomic E-state index is 15.0. The number of ether oxygens (including phenoxy) is 1. The molecule has 6 heterocycles. The third kappa shape index (κ3) is 5.40. The molecule has 9 bridgehead atoms. The van der Waals surface area contributed by atoms with E-state index in [2.05, 4.69) is 10.3 Å². The van der Waals surface area contributed by atoms with Gasteiger partial charge in [-0.1, -0.05) is 35.9 Å². The Morgan fingerprint density at radius 3 is 2.73 bits per heavy atom. The van der Waals surface area contributed by atoms with Crippen molar-refractivity contribution in [2.75, 3.05) is 13.2 Å². The van der Waals surface area contributed by atoms with E-state index in [4.69, 9.17) is 4.74 Å². The van der Waals surface area contributed by atoms with Gasteiger partial charge in [-0.3, -0.25) is 9.59 Å². The van der Waals surface area contributed by atoms with Crippen molar-refractivity contribution in [1.29, 1.82) is 0 Å². The van der Waals surface area contributed by atoms with Crippen molar-refractivity contribution in [2.45, 2.75) is 64.5 Å². The zero-order valence-corrected chi connectivity index (χ0v) is 23.1. The van der Waals surface area contributed by atoms with Gasteiger partial charge < -0.3 is 14.7 Å². The summed E-state index contributed by atoms with van der Waals surface area (Å²) >= 11 is 0. The van der Waals surface area contributed by atoms with Crippen molar-refractivity contribution in [2.24, 2.45) is 0 Å². The predicted molar refractivity (Wildman–Crippen MR) is 152 cm³/mol. The number of carboxylic acids is 1. The molecule has 3 aromatic carbocycles. The molecule has 9 heteroatoms. The Morgan fingerprint density at radius 1 is 1.05 bits per heavy atom. The minimum absolute atomic E-state index is 0.0236. The van der Waals surface area contributed by atoms with Gasteiger partial charge in [-0.05, 0) is 78.6 Å². The molecule has 1 aromatic heterocycles. The lowest BCUT2D eigenvalue weighted by Crippen LogP contribution is -2.36. The second-order valence-corrected chi connectivity index (χ2v) is 11.0. The van der Waals surface area contributed by atoms with Gasteiger partial charge in [0, 0.05) is 31.6 Å². The van der Waals surface area contributed by atoms with Gasteiger partial charge in [-0.25, -0.2) is 9.07 Å². The van der Waals surface area contributed by atoms with Gasteiger partial charge in [0.15, 0.2) is 0 Å². The van der Waals surface area contributed by atoms with Crippen molar-refractivity contribution in [3.63, 3.8) is 0 Å². The van der Waals surface area contributed by atoms with E-state index in [-0.39, 0.29) is 17.9 Å². The van der Waals surface area contributed by atoms with Crippen molar-refractivity contribution < 1.29 is 23.8 Å². The number of hydrogen-bond donors (Lipinski definition) is 1. The molecule has 0 radical (unpaired) electrons. The molecule has 0 unspecified atom stereocenters. The van der Waals surface area contributed by atoms with Crippen LogP contribution in [0.25, 0.3) is 11.0 Å². The maximum absolute atomic E-state index is 15.0. The third-order valence-corrected chi connectivity index (χ3v) is 8.37. The van der Waals surface area contributed by atoms with Gasteiger partial charge in [0.1, 0.15) is 17.1 Å². The van der Waals surface area contributed by atoms with E-state index >= 15 is 4.39 Å². The first-order chi connectivity index (χ1) is 19.9. The molecule has 1 amide bonds. The zero-order valence-electron chi connectivity index (χ0n) is 23.1. The van der Waals surface area contributed by atoms with Crippen LogP contribution in [0.1, 0.15) is 76.2 Å². The number of aliphatic carboxylic acids is 1. The third-order valence-electron chi connectivity index (χ3n) is 8.37. The summed E-state index contributed by atoms with van der Waals surface area (Å²) in [6.07, 6.45) is 4.27. The monoisotopic (exact) mass is 556 g/mol. The topological polar surface area (TPSA) is 97.5 Å². The number of rotatable bonds is 2. The minimum atomic E-state index is -0.895. The van der Waals surface area contributed by atoms with E-state index in [1.54, 1.807) is 11.0 Å². The van der Waals surface area contributed by atoms with E-state index in [9.17, 15) is 14.7 Å². The Labute approximate surface area is 237 Å². The summed E-state index contributed by atoms with van der Waals surface area (Å²) < 4.78 is 22.7. The quantitative estimate of drug-likeness (QED) is 0.343. The molecule has 1 N–H and O–H groups in total. The molecule has 0 spiro atoms. The fourth-order valence-electron chi connectivity index (χ4n) is 6.11. The van der Waals surface area contributed by atoms with Gasteiger partial charge in [-0.2, -0.15) is 0 Å². The number of carbonyl (C=O) groups excluding carboxylic acids is 1. The fourth-order valence-corrected chi connectivity index (χ4v) is 6.11. The summed E-state index contributed by atoms with van der Waals surface area (Å²) in [5, 5.41) is 18.7. The standard InChI is InChI=1S/C32H33FN4O4/c1-20-25-10-11-29-31(20)34-35-37(29)13-4-2-3-5-15-41-24-8-9-26(28(33)17-24)32(40)36-14-12-21-6-7-22(16-23(21)19-36)27(25)18-30(38)39/h6-11,16-17,27H,2-5,12-15,18-19H2,1H3,(H,38,39)/t27-/m1/s1. The number of nitrogens with zero attached hydrogens (tertiary/aromatic N) is 4. The molecular formula is C32H33FN4O4. The highest BCUT2D eigenvalue weighted by Gasteiger charge is 2.27. The van der Waals surface area contributed by atoms with Gasteiger partial charge in [0.2, 0.25) is 0 Å². The van der Waals surface area contributed by atoms with Crippen LogP contribution in [0, 0.1) is 12.7 Å². The van der Waals surface area contributed by atoms with E-state index in [0.29, 0.717) is 31.9 Å². The summed E-state index contributed by atoms with van der Waals surface area (Å²) in [7, 11) is 0. The highest BCUT2D eigenvalue weighted by Crippen LogP contribution is 2.35. The molecule has 0 fully saturated rings.